The molecule has 0 aliphatic rings. The van der Waals surface area contributed by atoms with Crippen molar-refractivity contribution in [3.8, 4) is 0 Å². The summed E-state index contributed by atoms with van der Waals surface area (Å²) in [5.41, 5.74) is 0.760. The van der Waals surface area contributed by atoms with Crippen LogP contribution in [0.1, 0.15) is 26.5 Å². The maximum atomic E-state index is 11.5. The van der Waals surface area contributed by atoms with Crippen LogP contribution in [0.2, 0.25) is 0 Å². The van der Waals surface area contributed by atoms with Crippen LogP contribution in [0.5, 0.6) is 0 Å². The van der Waals surface area contributed by atoms with E-state index < -0.39 is 0 Å². The molecule has 0 unspecified atom stereocenters. The zero-order chi connectivity index (χ0) is 12.2. The lowest BCUT2D eigenvalue weighted by Crippen LogP contribution is -2.44. The summed E-state index contributed by atoms with van der Waals surface area (Å²) in [4.78, 5) is 11.5. The van der Waals surface area contributed by atoms with E-state index >= 15 is 0 Å². The van der Waals surface area contributed by atoms with Crippen molar-refractivity contribution in [1.82, 2.24) is 25.6 Å². The summed E-state index contributed by atoms with van der Waals surface area (Å²) >= 11 is 0. The normalized spacial score (nSPS) is 11.5. The molecular formula is C10H19N5O. The first-order valence-electron chi connectivity index (χ1n) is 5.24. The zero-order valence-electron chi connectivity index (χ0n) is 10.2. The van der Waals surface area contributed by atoms with Crippen molar-refractivity contribution >= 4 is 5.91 Å². The number of rotatable bonds is 4. The summed E-state index contributed by atoms with van der Waals surface area (Å²) in [6.45, 7) is 6.74. The van der Waals surface area contributed by atoms with E-state index in [0.717, 1.165) is 5.69 Å². The largest absolute Gasteiger partial charge is 0.350 e. The van der Waals surface area contributed by atoms with Crippen LogP contribution in [0, 0.1) is 0 Å². The lowest BCUT2D eigenvalue weighted by atomic mass is 10.1. The van der Waals surface area contributed by atoms with Crippen molar-refractivity contribution in [2.75, 3.05) is 6.54 Å². The van der Waals surface area contributed by atoms with Crippen LogP contribution in [0.4, 0.5) is 0 Å². The first-order valence-corrected chi connectivity index (χ1v) is 5.24. The number of hydrogen-bond acceptors (Lipinski definition) is 4. The molecule has 6 heteroatoms. The Hall–Kier alpha value is -1.43. The standard InChI is InChI=1S/C10H19N5O/c1-10(2,3)13-9(16)7-11-5-8-6-12-14-15(8)4/h6,11H,5,7H2,1-4H3,(H,13,16). The highest BCUT2D eigenvalue weighted by Gasteiger charge is 2.13. The highest BCUT2D eigenvalue weighted by atomic mass is 16.2. The van der Waals surface area contributed by atoms with Gasteiger partial charge in [-0.15, -0.1) is 5.10 Å². The molecule has 1 aromatic heterocycles. The van der Waals surface area contributed by atoms with Crippen LogP contribution in [-0.4, -0.2) is 33.0 Å². The molecule has 1 amide bonds. The lowest BCUT2D eigenvalue weighted by molar-refractivity contribution is -0.121. The van der Waals surface area contributed by atoms with Gasteiger partial charge in [0.25, 0.3) is 0 Å². The molecule has 0 bridgehead atoms. The average Bonchev–Trinajstić information content (AvgIpc) is 2.48. The Kier molecular flexibility index (Phi) is 4.00. The van der Waals surface area contributed by atoms with Crippen molar-refractivity contribution < 1.29 is 4.79 Å². The molecule has 0 saturated carbocycles. The fraction of sp³-hybridized carbons (Fsp3) is 0.700. The second-order valence-corrected chi connectivity index (χ2v) is 4.75. The third-order valence-corrected chi connectivity index (χ3v) is 1.91. The van der Waals surface area contributed by atoms with E-state index in [4.69, 9.17) is 0 Å². The van der Waals surface area contributed by atoms with E-state index in [9.17, 15) is 4.79 Å². The molecule has 16 heavy (non-hydrogen) atoms. The fourth-order valence-electron chi connectivity index (χ4n) is 1.24. The summed E-state index contributed by atoms with van der Waals surface area (Å²) in [5.74, 6) is -0.0115. The van der Waals surface area contributed by atoms with Crippen molar-refractivity contribution in [3.05, 3.63) is 11.9 Å². The molecular weight excluding hydrogens is 206 g/mol. The number of nitrogens with zero attached hydrogens (tertiary/aromatic N) is 3. The van der Waals surface area contributed by atoms with E-state index in [2.05, 4.69) is 20.9 Å². The first kappa shape index (κ1) is 12.6. The second-order valence-electron chi connectivity index (χ2n) is 4.75. The number of nitrogens with one attached hydrogen (secondary N) is 2. The van der Waals surface area contributed by atoms with Crippen LogP contribution < -0.4 is 10.6 Å². The molecule has 1 aromatic rings. The summed E-state index contributed by atoms with van der Waals surface area (Å²) in [7, 11) is 1.82. The Morgan fingerprint density at radius 1 is 1.50 bits per heavy atom. The molecule has 0 fully saturated rings. The van der Waals surface area contributed by atoms with Crippen molar-refractivity contribution in [2.45, 2.75) is 32.9 Å². The Balaban J connectivity index is 2.26. The molecule has 0 saturated heterocycles. The molecule has 2 N–H and O–H groups in total. The van der Waals surface area contributed by atoms with E-state index in [1.807, 2.05) is 27.8 Å². The van der Waals surface area contributed by atoms with Crippen molar-refractivity contribution in [2.24, 2.45) is 7.05 Å². The van der Waals surface area contributed by atoms with E-state index in [-0.39, 0.29) is 11.4 Å². The summed E-state index contributed by atoms with van der Waals surface area (Å²) < 4.78 is 1.68. The van der Waals surface area contributed by atoms with Gasteiger partial charge in [-0.25, -0.2) is 0 Å². The van der Waals surface area contributed by atoms with Gasteiger partial charge in [0.1, 0.15) is 0 Å². The molecule has 0 atom stereocenters. The average molecular weight is 225 g/mol. The minimum atomic E-state index is -0.188. The molecule has 0 aliphatic heterocycles. The van der Waals surface area contributed by atoms with Gasteiger partial charge in [0.15, 0.2) is 0 Å². The quantitative estimate of drug-likeness (QED) is 0.745. The number of aryl methyl sites for hydroxylation is 1. The predicted octanol–water partition coefficient (Wildman–Crippen LogP) is -0.181. The maximum Gasteiger partial charge on any atom is 0.234 e. The topological polar surface area (TPSA) is 71.8 Å². The third kappa shape index (κ3) is 4.39. The zero-order valence-corrected chi connectivity index (χ0v) is 10.2. The van der Waals surface area contributed by atoms with Gasteiger partial charge in [-0.1, -0.05) is 5.21 Å². The molecule has 0 aromatic carbocycles. The molecule has 90 valence electrons. The third-order valence-electron chi connectivity index (χ3n) is 1.91. The summed E-state index contributed by atoms with van der Waals surface area (Å²) in [6, 6.07) is 0. The predicted molar refractivity (Wildman–Crippen MR) is 60.6 cm³/mol. The minimum Gasteiger partial charge on any atom is -0.350 e. The van der Waals surface area contributed by atoms with Gasteiger partial charge in [-0.05, 0) is 20.8 Å². The van der Waals surface area contributed by atoms with Crippen molar-refractivity contribution in [3.63, 3.8) is 0 Å². The molecule has 1 heterocycles. The second kappa shape index (κ2) is 5.07. The number of carbonyl (C=O) groups is 1. The molecule has 0 spiro atoms. The van der Waals surface area contributed by atoms with Gasteiger partial charge >= 0.3 is 0 Å². The lowest BCUT2D eigenvalue weighted by Gasteiger charge is -2.20. The van der Waals surface area contributed by atoms with Crippen molar-refractivity contribution in [1.29, 1.82) is 0 Å². The number of carbonyl (C=O) groups excluding carboxylic acids is 1. The van der Waals surface area contributed by atoms with Crippen LogP contribution >= 0.6 is 0 Å². The number of aromatic nitrogens is 3. The summed E-state index contributed by atoms with van der Waals surface area (Å²) in [6.07, 6.45) is 1.68. The maximum absolute atomic E-state index is 11.5. The van der Waals surface area contributed by atoms with E-state index in [0.29, 0.717) is 13.1 Å². The minimum absolute atomic E-state index is 0.0115. The Bertz CT molecular complexity index is 352. The van der Waals surface area contributed by atoms with Gasteiger partial charge in [0.2, 0.25) is 5.91 Å². The first-order chi connectivity index (χ1) is 7.38. The van der Waals surface area contributed by atoms with Crippen LogP contribution in [0.15, 0.2) is 6.20 Å². The van der Waals surface area contributed by atoms with Crippen LogP contribution in [-0.2, 0) is 18.4 Å². The highest BCUT2D eigenvalue weighted by Crippen LogP contribution is 1.97. The van der Waals surface area contributed by atoms with E-state index in [1.165, 1.54) is 0 Å². The van der Waals surface area contributed by atoms with Gasteiger partial charge in [0.05, 0.1) is 18.4 Å². The van der Waals surface area contributed by atoms with Gasteiger partial charge in [0, 0.05) is 19.1 Å². The number of amides is 1. The van der Waals surface area contributed by atoms with Crippen LogP contribution in [0.25, 0.3) is 0 Å². The van der Waals surface area contributed by atoms with Gasteiger partial charge in [-0.2, -0.15) is 0 Å². The van der Waals surface area contributed by atoms with Crippen LogP contribution in [0.3, 0.4) is 0 Å². The Labute approximate surface area is 95.4 Å². The van der Waals surface area contributed by atoms with Gasteiger partial charge < -0.3 is 10.6 Å². The molecule has 6 nitrogen and oxygen atoms in total. The Morgan fingerprint density at radius 3 is 2.69 bits per heavy atom. The van der Waals surface area contributed by atoms with E-state index in [1.54, 1.807) is 10.9 Å². The number of hydrogen-bond donors (Lipinski definition) is 2. The molecule has 0 radical (unpaired) electrons. The fourth-order valence-corrected chi connectivity index (χ4v) is 1.24. The molecule has 1 rings (SSSR count). The Morgan fingerprint density at radius 2 is 2.19 bits per heavy atom. The SMILES string of the molecule is Cn1nncc1CNCC(=O)NC(C)(C)C. The monoisotopic (exact) mass is 225 g/mol. The smallest absolute Gasteiger partial charge is 0.234 e. The summed E-state index contributed by atoms with van der Waals surface area (Å²) in [5, 5.41) is 13.5. The highest BCUT2D eigenvalue weighted by molar-refractivity contribution is 5.78. The van der Waals surface area contributed by atoms with Gasteiger partial charge in [-0.3, -0.25) is 9.48 Å². The molecule has 0 aliphatic carbocycles.